The van der Waals surface area contributed by atoms with Gasteiger partial charge in [0, 0.05) is 17.5 Å². The normalized spacial score (nSPS) is 16.0. The first-order chi connectivity index (χ1) is 15.6. The van der Waals surface area contributed by atoms with Gasteiger partial charge in [0.2, 0.25) is 0 Å². The first-order valence-electron chi connectivity index (χ1n) is 10.7. The van der Waals surface area contributed by atoms with Crippen LogP contribution in [0.1, 0.15) is 54.2 Å². The van der Waals surface area contributed by atoms with Gasteiger partial charge in [-0.15, -0.1) is 0 Å². The van der Waals surface area contributed by atoms with E-state index in [1.54, 1.807) is 13.8 Å². The van der Waals surface area contributed by atoms with Crippen molar-refractivity contribution in [2.75, 3.05) is 18.4 Å². The SMILES string of the molecule is Cc1nc(NC(C)c2cc([N+](=O)[O-])cc(C(F)(F)F)c2)c2cc(C3CCNCC3)ccc2n1. The van der Waals surface area contributed by atoms with Crippen LogP contribution in [0.15, 0.2) is 36.4 Å². The summed E-state index contributed by atoms with van der Waals surface area (Å²) in [5.74, 6) is 1.41. The number of nitro groups is 1. The van der Waals surface area contributed by atoms with Gasteiger partial charge in [0.1, 0.15) is 11.6 Å². The minimum Gasteiger partial charge on any atom is -0.363 e. The van der Waals surface area contributed by atoms with Gasteiger partial charge in [-0.25, -0.2) is 9.97 Å². The molecule has 1 aliphatic rings. The maximum atomic E-state index is 13.3. The van der Waals surface area contributed by atoms with E-state index < -0.39 is 28.4 Å². The predicted molar refractivity (Wildman–Crippen MR) is 119 cm³/mol. The molecule has 3 aromatic rings. The second-order valence-corrected chi connectivity index (χ2v) is 8.35. The Labute approximate surface area is 188 Å². The Morgan fingerprint density at radius 3 is 2.55 bits per heavy atom. The Morgan fingerprint density at radius 1 is 1.15 bits per heavy atom. The first-order valence-corrected chi connectivity index (χ1v) is 10.7. The summed E-state index contributed by atoms with van der Waals surface area (Å²) in [7, 11) is 0. The zero-order valence-electron chi connectivity index (χ0n) is 18.2. The molecule has 0 radical (unpaired) electrons. The molecule has 1 saturated heterocycles. The molecule has 2 aromatic carbocycles. The highest BCUT2D eigenvalue weighted by Gasteiger charge is 2.33. The fourth-order valence-electron chi connectivity index (χ4n) is 4.22. The summed E-state index contributed by atoms with van der Waals surface area (Å²) in [6.07, 6.45) is -2.65. The maximum Gasteiger partial charge on any atom is 0.416 e. The highest BCUT2D eigenvalue weighted by atomic mass is 19.4. The third-order valence-corrected chi connectivity index (χ3v) is 5.97. The molecule has 7 nitrogen and oxygen atoms in total. The van der Waals surface area contributed by atoms with Crippen molar-refractivity contribution in [3.8, 4) is 0 Å². The standard InChI is InChI=1S/C23H24F3N5O2/c1-13(17-9-18(23(24,25)26)12-19(10-17)31(32)33)28-22-20-11-16(15-5-7-27-8-6-15)3-4-21(20)29-14(2)30-22/h3-4,9-13,15,27H,5-8H2,1-2H3,(H,28,29,30). The number of rotatable bonds is 5. The number of nitro benzene ring substituents is 1. The van der Waals surface area contributed by atoms with E-state index in [0.717, 1.165) is 49.0 Å². The molecule has 10 heteroatoms. The van der Waals surface area contributed by atoms with E-state index in [-0.39, 0.29) is 5.56 Å². The highest BCUT2D eigenvalue weighted by Crippen LogP contribution is 2.36. The van der Waals surface area contributed by atoms with Gasteiger partial charge in [-0.3, -0.25) is 10.1 Å². The number of benzene rings is 2. The molecule has 1 fully saturated rings. The van der Waals surface area contributed by atoms with Crippen LogP contribution >= 0.6 is 0 Å². The second-order valence-electron chi connectivity index (χ2n) is 8.35. The van der Waals surface area contributed by atoms with Crippen LogP contribution in [0.25, 0.3) is 10.9 Å². The molecular weight excluding hydrogens is 435 g/mol. The van der Waals surface area contributed by atoms with Crippen molar-refractivity contribution in [2.24, 2.45) is 0 Å². The molecular formula is C23H24F3N5O2. The van der Waals surface area contributed by atoms with Crippen molar-refractivity contribution in [1.82, 2.24) is 15.3 Å². The summed E-state index contributed by atoms with van der Waals surface area (Å²) in [5.41, 5.74) is 0.380. The van der Waals surface area contributed by atoms with Gasteiger partial charge >= 0.3 is 6.18 Å². The van der Waals surface area contributed by atoms with Gasteiger partial charge in [0.05, 0.1) is 22.0 Å². The fourth-order valence-corrected chi connectivity index (χ4v) is 4.22. The van der Waals surface area contributed by atoms with E-state index in [1.807, 2.05) is 12.1 Å². The summed E-state index contributed by atoms with van der Waals surface area (Å²) in [6, 6.07) is 8.01. The number of aryl methyl sites for hydroxylation is 1. The Bertz CT molecular complexity index is 1190. The summed E-state index contributed by atoms with van der Waals surface area (Å²) >= 11 is 0. The number of hydrogen-bond donors (Lipinski definition) is 2. The minimum atomic E-state index is -4.69. The number of anilines is 1. The zero-order chi connectivity index (χ0) is 23.8. The molecule has 1 atom stereocenters. The van der Waals surface area contributed by atoms with Crippen molar-refractivity contribution in [3.63, 3.8) is 0 Å². The summed E-state index contributed by atoms with van der Waals surface area (Å²) < 4.78 is 39.9. The lowest BCUT2D eigenvalue weighted by Crippen LogP contribution is -2.26. The van der Waals surface area contributed by atoms with Crippen molar-refractivity contribution in [1.29, 1.82) is 0 Å². The Balaban J connectivity index is 1.72. The van der Waals surface area contributed by atoms with E-state index in [9.17, 15) is 23.3 Å². The average molecular weight is 459 g/mol. The van der Waals surface area contributed by atoms with Crippen molar-refractivity contribution in [2.45, 2.75) is 44.8 Å². The van der Waals surface area contributed by atoms with E-state index >= 15 is 0 Å². The summed E-state index contributed by atoms with van der Waals surface area (Å²) in [5, 5.41) is 18.5. The van der Waals surface area contributed by atoms with E-state index in [0.29, 0.717) is 23.6 Å². The third-order valence-electron chi connectivity index (χ3n) is 5.97. The van der Waals surface area contributed by atoms with Crippen LogP contribution in [0.4, 0.5) is 24.7 Å². The third kappa shape index (κ3) is 5.05. The molecule has 0 bridgehead atoms. The molecule has 0 spiro atoms. The zero-order valence-corrected chi connectivity index (χ0v) is 18.2. The van der Waals surface area contributed by atoms with Crippen molar-refractivity contribution >= 4 is 22.4 Å². The number of fused-ring (bicyclic) bond motifs is 1. The van der Waals surface area contributed by atoms with Crippen LogP contribution in [0.3, 0.4) is 0 Å². The van der Waals surface area contributed by atoms with Crippen molar-refractivity contribution < 1.29 is 18.1 Å². The molecule has 33 heavy (non-hydrogen) atoms. The Hall–Kier alpha value is -3.27. The van der Waals surface area contributed by atoms with Gasteiger partial charge in [0.25, 0.3) is 5.69 Å². The predicted octanol–water partition coefficient (Wildman–Crippen LogP) is 5.51. The number of piperidine rings is 1. The van der Waals surface area contributed by atoms with Crippen LogP contribution in [-0.4, -0.2) is 28.0 Å². The van der Waals surface area contributed by atoms with Gasteiger partial charge < -0.3 is 10.6 Å². The quantitative estimate of drug-likeness (QED) is 0.386. The number of nitrogens with zero attached hydrogens (tertiary/aromatic N) is 3. The largest absolute Gasteiger partial charge is 0.416 e. The topological polar surface area (TPSA) is 93.0 Å². The minimum absolute atomic E-state index is 0.149. The second kappa shape index (κ2) is 8.93. The molecule has 2 N–H and O–H groups in total. The number of non-ortho nitro benzene ring substituents is 1. The lowest BCUT2D eigenvalue weighted by Gasteiger charge is -2.24. The number of nitrogens with one attached hydrogen (secondary N) is 2. The van der Waals surface area contributed by atoms with Gasteiger partial charge in [0.15, 0.2) is 0 Å². The van der Waals surface area contributed by atoms with Crippen LogP contribution in [0, 0.1) is 17.0 Å². The fraction of sp³-hybridized carbons (Fsp3) is 0.391. The van der Waals surface area contributed by atoms with Crippen LogP contribution in [0.5, 0.6) is 0 Å². The lowest BCUT2D eigenvalue weighted by molar-refractivity contribution is -0.385. The van der Waals surface area contributed by atoms with Gasteiger partial charge in [-0.1, -0.05) is 6.07 Å². The average Bonchev–Trinajstić information content (AvgIpc) is 2.78. The maximum absolute atomic E-state index is 13.3. The van der Waals surface area contributed by atoms with E-state index in [2.05, 4.69) is 26.7 Å². The molecule has 174 valence electrons. The summed E-state index contributed by atoms with van der Waals surface area (Å²) in [6.45, 7) is 5.29. The molecule has 4 rings (SSSR count). The van der Waals surface area contributed by atoms with Gasteiger partial charge in [-0.05, 0) is 75.0 Å². The van der Waals surface area contributed by atoms with Crippen LogP contribution in [0.2, 0.25) is 0 Å². The molecule has 1 unspecified atom stereocenters. The Kier molecular flexibility index (Phi) is 6.20. The van der Waals surface area contributed by atoms with Gasteiger partial charge in [-0.2, -0.15) is 13.2 Å². The molecule has 0 amide bonds. The number of hydrogen-bond acceptors (Lipinski definition) is 6. The highest BCUT2D eigenvalue weighted by molar-refractivity contribution is 5.90. The molecule has 2 heterocycles. The van der Waals surface area contributed by atoms with Crippen LogP contribution < -0.4 is 10.6 Å². The number of halogens is 3. The smallest absolute Gasteiger partial charge is 0.363 e. The molecule has 1 aromatic heterocycles. The van der Waals surface area contributed by atoms with E-state index in [4.69, 9.17) is 0 Å². The number of aromatic nitrogens is 2. The summed E-state index contributed by atoms with van der Waals surface area (Å²) in [4.78, 5) is 19.4. The monoisotopic (exact) mass is 459 g/mol. The lowest BCUT2D eigenvalue weighted by atomic mass is 9.89. The Morgan fingerprint density at radius 2 is 1.88 bits per heavy atom. The molecule has 0 saturated carbocycles. The van der Waals surface area contributed by atoms with Crippen LogP contribution in [-0.2, 0) is 6.18 Å². The van der Waals surface area contributed by atoms with E-state index in [1.165, 1.54) is 5.56 Å². The van der Waals surface area contributed by atoms with Crippen molar-refractivity contribution in [3.05, 3.63) is 69.0 Å². The molecule has 0 aliphatic carbocycles. The first kappa shape index (κ1) is 22.9. The molecule has 1 aliphatic heterocycles. The number of alkyl halides is 3.